The van der Waals surface area contributed by atoms with E-state index in [1.54, 1.807) is 35.4 Å². The van der Waals surface area contributed by atoms with Crippen molar-refractivity contribution < 1.29 is 18.8 Å². The maximum Gasteiger partial charge on any atom is 0.320 e. The number of ether oxygens (including phenoxy) is 1. The van der Waals surface area contributed by atoms with Crippen LogP contribution in [-0.2, 0) is 16.6 Å². The minimum Gasteiger partial charge on any atom is -0.383 e. The first kappa shape index (κ1) is 27.4. The zero-order valence-corrected chi connectivity index (χ0v) is 23.4. The molecule has 1 aromatic carbocycles. The van der Waals surface area contributed by atoms with Crippen LogP contribution >= 0.6 is 0 Å². The van der Waals surface area contributed by atoms with Crippen LogP contribution in [0, 0.1) is 12.9 Å². The summed E-state index contributed by atoms with van der Waals surface area (Å²) in [5.74, 6) is -0.126. The van der Waals surface area contributed by atoms with E-state index >= 15 is 0 Å². The lowest BCUT2D eigenvalue weighted by Crippen LogP contribution is -2.42. The summed E-state index contributed by atoms with van der Waals surface area (Å²) in [6.07, 6.45) is 4.23. The average molecular weight is 572 g/mol. The van der Waals surface area contributed by atoms with Gasteiger partial charge in [0, 0.05) is 50.8 Å². The van der Waals surface area contributed by atoms with E-state index in [1.807, 2.05) is 54.9 Å². The van der Waals surface area contributed by atoms with E-state index < -0.39 is 24.1 Å². The molecular formula is C29H30FN9O3. The second-order valence-corrected chi connectivity index (χ2v) is 10.0. The molecule has 0 radical (unpaired) electrons. The number of fused-ring (bicyclic) bond motifs is 1. The van der Waals surface area contributed by atoms with Crippen LogP contribution in [0.4, 0.5) is 15.0 Å². The van der Waals surface area contributed by atoms with E-state index in [0.29, 0.717) is 36.8 Å². The lowest BCUT2D eigenvalue weighted by Gasteiger charge is -2.19. The molecule has 5 aromatic rings. The Kier molecular flexibility index (Phi) is 7.61. The third-order valence-corrected chi connectivity index (χ3v) is 7.15. The van der Waals surface area contributed by atoms with Crippen molar-refractivity contribution in [1.29, 1.82) is 0 Å². The third kappa shape index (κ3) is 5.44. The maximum atomic E-state index is 14.0. The Morgan fingerprint density at radius 1 is 1.17 bits per heavy atom. The molecule has 12 nitrogen and oxygen atoms in total. The number of carbonyl (C=O) groups is 1. The Morgan fingerprint density at radius 2 is 2.00 bits per heavy atom. The van der Waals surface area contributed by atoms with Gasteiger partial charge < -0.3 is 14.6 Å². The topological polar surface area (TPSA) is 124 Å². The number of amides is 2. The molecule has 13 heteroatoms. The number of nitrogens with one attached hydrogen (secondary N) is 2. The van der Waals surface area contributed by atoms with Gasteiger partial charge in [0.1, 0.15) is 17.4 Å². The molecule has 1 aliphatic rings. The van der Waals surface area contributed by atoms with Crippen molar-refractivity contribution in [2.24, 2.45) is 7.05 Å². The van der Waals surface area contributed by atoms with Gasteiger partial charge in [0.15, 0.2) is 5.65 Å². The molecule has 2 N–H and O–H groups in total. The number of hydroxylamine groups is 2. The summed E-state index contributed by atoms with van der Waals surface area (Å²) >= 11 is 0. The number of hydrogen-bond donors (Lipinski definition) is 2. The maximum absolute atomic E-state index is 14.0. The van der Waals surface area contributed by atoms with Gasteiger partial charge in [0.05, 0.1) is 30.4 Å². The fraction of sp³-hybridized carbons (Fsp3) is 0.276. The molecule has 4 aromatic heterocycles. The number of nitrogens with zero attached hydrogens (tertiary/aromatic N) is 7. The monoisotopic (exact) mass is 571 g/mol. The molecule has 2 amide bonds. The van der Waals surface area contributed by atoms with Crippen molar-refractivity contribution in [3.8, 4) is 16.9 Å². The van der Waals surface area contributed by atoms with E-state index in [1.165, 1.54) is 12.3 Å². The average Bonchev–Trinajstić information content (AvgIpc) is 3.67. The number of para-hydroxylation sites is 1. The predicted octanol–water partition coefficient (Wildman–Crippen LogP) is 3.79. The quantitative estimate of drug-likeness (QED) is 0.270. The number of halogens is 1. The number of benzene rings is 1. The fourth-order valence-electron chi connectivity index (χ4n) is 5.07. The molecule has 0 unspecified atom stereocenters. The van der Waals surface area contributed by atoms with Crippen LogP contribution in [0.5, 0.6) is 0 Å². The lowest BCUT2D eigenvalue weighted by atomic mass is 10.0. The number of urea groups is 1. The van der Waals surface area contributed by atoms with Crippen LogP contribution in [0.2, 0.25) is 0 Å². The van der Waals surface area contributed by atoms with Crippen LogP contribution < -0.4 is 10.6 Å². The summed E-state index contributed by atoms with van der Waals surface area (Å²) in [5, 5.41) is 12.6. The third-order valence-electron chi connectivity index (χ3n) is 7.15. The van der Waals surface area contributed by atoms with Crippen LogP contribution in [0.3, 0.4) is 0 Å². The van der Waals surface area contributed by atoms with Gasteiger partial charge in [-0.3, -0.25) is 10.2 Å². The predicted molar refractivity (Wildman–Crippen MR) is 153 cm³/mol. The summed E-state index contributed by atoms with van der Waals surface area (Å²) in [5.41, 5.74) is 5.03. The highest BCUT2D eigenvalue weighted by Gasteiger charge is 2.37. The van der Waals surface area contributed by atoms with E-state index in [2.05, 4.69) is 25.6 Å². The van der Waals surface area contributed by atoms with Crippen molar-refractivity contribution >= 4 is 23.0 Å². The van der Waals surface area contributed by atoms with E-state index in [4.69, 9.17) is 14.7 Å². The lowest BCUT2D eigenvalue weighted by molar-refractivity contribution is -0.154. The number of imidazole rings is 1. The van der Waals surface area contributed by atoms with E-state index in [-0.39, 0.29) is 0 Å². The fourth-order valence-corrected chi connectivity index (χ4v) is 5.07. The standard InChI is InChI=1S/C29H30FN9O3/c1-18-25(20-13-22-28(32-15-20)37(2)17-33-22)36-39(21-7-5-4-6-8-21)27(18)35-29(40)34-23-16-38(11-12-41-3)42-26(23)19-9-10-31-24(30)14-19/h4-10,13-15,17,23,26H,11-12,16H2,1-3H3,(H2,34,35,40)/t23-,26+/m1/s1. The highest BCUT2D eigenvalue weighted by Crippen LogP contribution is 2.32. The highest BCUT2D eigenvalue weighted by atomic mass is 19.1. The van der Waals surface area contributed by atoms with Crippen molar-refractivity contribution in [3.05, 3.63) is 84.3 Å². The summed E-state index contributed by atoms with van der Waals surface area (Å²) in [6, 6.07) is 13.5. The number of pyridine rings is 2. The van der Waals surface area contributed by atoms with Gasteiger partial charge in [-0.1, -0.05) is 18.2 Å². The molecule has 1 fully saturated rings. The number of aryl methyl sites for hydroxylation is 1. The minimum absolute atomic E-state index is 0.378. The molecule has 5 heterocycles. The Labute approximate surface area is 241 Å². The molecule has 0 spiro atoms. The Morgan fingerprint density at radius 3 is 2.79 bits per heavy atom. The highest BCUT2D eigenvalue weighted by molar-refractivity contribution is 5.91. The minimum atomic E-state index is -0.622. The van der Waals surface area contributed by atoms with Crippen molar-refractivity contribution in [2.75, 3.05) is 32.1 Å². The van der Waals surface area contributed by atoms with E-state index in [0.717, 1.165) is 28.0 Å². The summed E-state index contributed by atoms with van der Waals surface area (Å²) in [4.78, 5) is 32.2. The zero-order chi connectivity index (χ0) is 29.2. The van der Waals surface area contributed by atoms with Crippen molar-refractivity contribution in [3.63, 3.8) is 0 Å². The normalized spacial score (nSPS) is 17.1. The zero-order valence-electron chi connectivity index (χ0n) is 23.4. The number of methoxy groups -OCH3 is 1. The van der Waals surface area contributed by atoms with Crippen LogP contribution in [0.15, 0.2) is 67.3 Å². The summed E-state index contributed by atoms with van der Waals surface area (Å²) in [6.45, 7) is 3.20. The number of carbonyl (C=O) groups excluding carboxylic acids is 1. The molecule has 6 rings (SSSR count). The van der Waals surface area contributed by atoms with Gasteiger partial charge >= 0.3 is 6.03 Å². The first-order chi connectivity index (χ1) is 20.4. The number of aromatic nitrogens is 6. The molecule has 0 bridgehead atoms. The van der Waals surface area contributed by atoms with Crippen LogP contribution in [0.1, 0.15) is 17.2 Å². The van der Waals surface area contributed by atoms with Crippen LogP contribution in [0.25, 0.3) is 28.1 Å². The second kappa shape index (κ2) is 11.6. The molecule has 216 valence electrons. The van der Waals surface area contributed by atoms with Crippen LogP contribution in [-0.4, -0.2) is 73.2 Å². The molecule has 1 saturated heterocycles. The molecular weight excluding hydrogens is 541 g/mol. The van der Waals surface area contributed by atoms with Gasteiger partial charge in [0.2, 0.25) is 5.95 Å². The van der Waals surface area contributed by atoms with Gasteiger partial charge in [-0.2, -0.15) is 14.6 Å². The van der Waals surface area contributed by atoms with Crippen molar-refractivity contribution in [1.82, 2.24) is 39.7 Å². The summed E-state index contributed by atoms with van der Waals surface area (Å²) in [7, 11) is 3.49. The smallest absolute Gasteiger partial charge is 0.320 e. The molecule has 1 aliphatic heterocycles. The Hall–Kier alpha value is -4.72. The first-order valence-corrected chi connectivity index (χ1v) is 13.4. The van der Waals surface area contributed by atoms with Gasteiger partial charge in [0.25, 0.3) is 0 Å². The number of rotatable bonds is 8. The largest absolute Gasteiger partial charge is 0.383 e. The van der Waals surface area contributed by atoms with E-state index in [9.17, 15) is 9.18 Å². The molecule has 42 heavy (non-hydrogen) atoms. The van der Waals surface area contributed by atoms with Crippen molar-refractivity contribution in [2.45, 2.75) is 19.1 Å². The Balaban J connectivity index is 1.30. The van der Waals surface area contributed by atoms with Gasteiger partial charge in [-0.15, -0.1) is 0 Å². The SMILES string of the molecule is COCCN1C[C@@H](NC(=O)Nc2c(C)c(-c3cnc4c(c3)ncn4C)nn2-c2ccccc2)[C@H](c2ccnc(F)c2)O1. The number of anilines is 1. The number of hydrogen-bond acceptors (Lipinski definition) is 8. The molecule has 0 saturated carbocycles. The van der Waals surface area contributed by atoms with Gasteiger partial charge in [-0.05, 0) is 42.8 Å². The molecule has 2 atom stereocenters. The molecule has 0 aliphatic carbocycles. The second-order valence-electron chi connectivity index (χ2n) is 10.0. The summed E-state index contributed by atoms with van der Waals surface area (Å²) < 4.78 is 22.7. The van der Waals surface area contributed by atoms with Gasteiger partial charge in [-0.25, -0.2) is 24.4 Å². The Bertz CT molecular complexity index is 1720. The first-order valence-electron chi connectivity index (χ1n) is 13.4.